The number of halogens is 3. The number of rotatable bonds is 4. The highest BCUT2D eigenvalue weighted by atomic mass is 127. The zero-order valence-electron chi connectivity index (χ0n) is 13.5. The van der Waals surface area contributed by atoms with Crippen molar-refractivity contribution in [2.75, 3.05) is 33.3 Å². The lowest BCUT2D eigenvalue weighted by Crippen LogP contribution is -2.47. The molecule has 1 aliphatic rings. The van der Waals surface area contributed by atoms with Crippen LogP contribution in [-0.2, 0) is 0 Å². The molecule has 1 atom stereocenters. The first-order valence-electron chi connectivity index (χ1n) is 7.63. The molecule has 1 N–H and O–H groups in total. The molecule has 130 valence electrons. The smallest absolute Gasteiger partial charge is 0.193 e. The van der Waals surface area contributed by atoms with E-state index in [-0.39, 0.29) is 24.0 Å². The second-order valence-electron chi connectivity index (χ2n) is 5.59. The van der Waals surface area contributed by atoms with Gasteiger partial charge in [-0.3, -0.25) is 4.99 Å². The Labute approximate surface area is 153 Å². The molecule has 0 spiro atoms. The molecule has 1 heterocycles. The summed E-state index contributed by atoms with van der Waals surface area (Å²) in [4.78, 5) is 6.52. The number of nitrogens with zero attached hydrogens (tertiary/aromatic N) is 2. The SMILES string of the molecule is CN=C(NCCOc1ccc(F)c(F)c1)N1CCCC(C)C1.I. The van der Waals surface area contributed by atoms with Gasteiger partial charge in [0.2, 0.25) is 0 Å². The summed E-state index contributed by atoms with van der Waals surface area (Å²) in [6, 6.07) is 3.53. The van der Waals surface area contributed by atoms with Crippen molar-refractivity contribution in [1.82, 2.24) is 10.2 Å². The maximum absolute atomic E-state index is 13.1. The van der Waals surface area contributed by atoms with Gasteiger partial charge in [0, 0.05) is 26.2 Å². The van der Waals surface area contributed by atoms with Crippen LogP contribution in [0.25, 0.3) is 0 Å². The Balaban J connectivity index is 0.00000264. The van der Waals surface area contributed by atoms with E-state index < -0.39 is 11.6 Å². The van der Waals surface area contributed by atoms with Gasteiger partial charge < -0.3 is 15.0 Å². The summed E-state index contributed by atoms with van der Waals surface area (Å²) in [5.74, 6) is 0.0853. The van der Waals surface area contributed by atoms with Crippen molar-refractivity contribution in [2.24, 2.45) is 10.9 Å². The van der Waals surface area contributed by atoms with E-state index in [0.717, 1.165) is 31.2 Å². The van der Waals surface area contributed by atoms with Crippen LogP contribution < -0.4 is 10.1 Å². The number of aliphatic imine (C=N–C) groups is 1. The maximum Gasteiger partial charge on any atom is 0.193 e. The van der Waals surface area contributed by atoms with E-state index in [0.29, 0.717) is 24.8 Å². The minimum atomic E-state index is -0.899. The Morgan fingerprint density at radius 2 is 2.17 bits per heavy atom. The Morgan fingerprint density at radius 1 is 1.39 bits per heavy atom. The topological polar surface area (TPSA) is 36.9 Å². The molecule has 2 rings (SSSR count). The first-order valence-corrected chi connectivity index (χ1v) is 7.63. The van der Waals surface area contributed by atoms with Gasteiger partial charge in [0.15, 0.2) is 17.6 Å². The number of benzene rings is 1. The predicted octanol–water partition coefficient (Wildman–Crippen LogP) is 3.27. The van der Waals surface area contributed by atoms with E-state index in [4.69, 9.17) is 4.74 Å². The fourth-order valence-corrected chi connectivity index (χ4v) is 2.61. The molecule has 1 aliphatic heterocycles. The lowest BCUT2D eigenvalue weighted by Gasteiger charge is -2.33. The molecule has 1 aromatic carbocycles. The monoisotopic (exact) mass is 439 g/mol. The number of guanidine groups is 1. The van der Waals surface area contributed by atoms with Crippen LogP contribution in [0.3, 0.4) is 0 Å². The molecular formula is C16H24F2IN3O. The zero-order valence-corrected chi connectivity index (χ0v) is 15.8. The molecule has 7 heteroatoms. The summed E-state index contributed by atoms with van der Waals surface area (Å²) >= 11 is 0. The molecule has 0 amide bonds. The van der Waals surface area contributed by atoms with Crippen LogP contribution in [-0.4, -0.2) is 44.1 Å². The molecule has 0 radical (unpaired) electrons. The minimum absolute atomic E-state index is 0. The molecule has 0 bridgehead atoms. The van der Waals surface area contributed by atoms with Crippen molar-refractivity contribution in [3.63, 3.8) is 0 Å². The lowest BCUT2D eigenvalue weighted by atomic mass is 10.0. The number of nitrogens with one attached hydrogen (secondary N) is 1. The van der Waals surface area contributed by atoms with E-state index >= 15 is 0 Å². The normalized spacial score (nSPS) is 18.3. The summed E-state index contributed by atoms with van der Waals surface area (Å²) < 4.78 is 31.3. The van der Waals surface area contributed by atoms with Crippen molar-refractivity contribution in [3.05, 3.63) is 29.8 Å². The second kappa shape index (κ2) is 9.89. The Bertz CT molecular complexity index is 528. The Morgan fingerprint density at radius 3 is 2.83 bits per heavy atom. The van der Waals surface area contributed by atoms with Crippen LogP contribution >= 0.6 is 24.0 Å². The van der Waals surface area contributed by atoms with Crippen molar-refractivity contribution >= 4 is 29.9 Å². The summed E-state index contributed by atoms with van der Waals surface area (Å²) in [5.41, 5.74) is 0. The highest BCUT2D eigenvalue weighted by molar-refractivity contribution is 14.0. The molecule has 23 heavy (non-hydrogen) atoms. The number of hydrogen-bond donors (Lipinski definition) is 1. The highest BCUT2D eigenvalue weighted by Gasteiger charge is 2.18. The Hall–Kier alpha value is -1.12. The van der Waals surface area contributed by atoms with Gasteiger partial charge in [-0.1, -0.05) is 6.92 Å². The first kappa shape index (κ1) is 19.9. The third-order valence-corrected chi connectivity index (χ3v) is 3.71. The quantitative estimate of drug-likeness (QED) is 0.339. The molecule has 1 fully saturated rings. The fraction of sp³-hybridized carbons (Fsp3) is 0.562. The molecular weight excluding hydrogens is 415 g/mol. The average molecular weight is 439 g/mol. The predicted molar refractivity (Wildman–Crippen MR) is 98.6 cm³/mol. The largest absolute Gasteiger partial charge is 0.492 e. The number of likely N-dealkylation sites (tertiary alicyclic amines) is 1. The number of piperidine rings is 1. The summed E-state index contributed by atoms with van der Waals surface area (Å²) in [5, 5.41) is 3.24. The van der Waals surface area contributed by atoms with E-state index in [1.165, 1.54) is 18.9 Å². The zero-order chi connectivity index (χ0) is 15.9. The van der Waals surface area contributed by atoms with Crippen LogP contribution in [0.5, 0.6) is 5.75 Å². The molecule has 0 aromatic heterocycles. The van der Waals surface area contributed by atoms with Crippen LogP contribution in [0, 0.1) is 17.6 Å². The lowest BCUT2D eigenvalue weighted by molar-refractivity contribution is 0.262. The third kappa shape index (κ3) is 6.12. The molecule has 4 nitrogen and oxygen atoms in total. The van der Waals surface area contributed by atoms with Crippen LogP contribution in [0.15, 0.2) is 23.2 Å². The molecule has 1 unspecified atom stereocenters. The van der Waals surface area contributed by atoms with Crippen LogP contribution in [0.2, 0.25) is 0 Å². The van der Waals surface area contributed by atoms with Gasteiger partial charge in [-0.05, 0) is 30.9 Å². The van der Waals surface area contributed by atoms with Gasteiger partial charge in [-0.25, -0.2) is 8.78 Å². The third-order valence-electron chi connectivity index (χ3n) is 3.71. The van der Waals surface area contributed by atoms with E-state index in [1.54, 1.807) is 7.05 Å². The first-order chi connectivity index (χ1) is 10.6. The molecule has 0 aliphatic carbocycles. The van der Waals surface area contributed by atoms with Crippen molar-refractivity contribution in [3.8, 4) is 5.75 Å². The van der Waals surface area contributed by atoms with Gasteiger partial charge in [-0.15, -0.1) is 24.0 Å². The number of hydrogen-bond acceptors (Lipinski definition) is 2. The van der Waals surface area contributed by atoms with Crippen molar-refractivity contribution in [1.29, 1.82) is 0 Å². The highest BCUT2D eigenvalue weighted by Crippen LogP contribution is 2.16. The maximum atomic E-state index is 13.1. The van der Waals surface area contributed by atoms with Crippen LogP contribution in [0.4, 0.5) is 8.78 Å². The summed E-state index contributed by atoms with van der Waals surface area (Å²) in [6.07, 6.45) is 2.43. The van der Waals surface area contributed by atoms with Gasteiger partial charge in [-0.2, -0.15) is 0 Å². The van der Waals surface area contributed by atoms with Gasteiger partial charge >= 0.3 is 0 Å². The van der Waals surface area contributed by atoms with E-state index in [2.05, 4.69) is 22.1 Å². The van der Waals surface area contributed by atoms with Crippen molar-refractivity contribution < 1.29 is 13.5 Å². The van der Waals surface area contributed by atoms with Crippen LogP contribution in [0.1, 0.15) is 19.8 Å². The Kier molecular flexibility index (Phi) is 8.57. The van der Waals surface area contributed by atoms with Gasteiger partial charge in [0.1, 0.15) is 12.4 Å². The molecule has 1 aromatic rings. The van der Waals surface area contributed by atoms with E-state index in [9.17, 15) is 8.78 Å². The summed E-state index contributed by atoms with van der Waals surface area (Å²) in [6.45, 7) is 5.16. The standard InChI is InChI=1S/C16H23F2N3O.HI/c1-12-4-3-8-21(11-12)16(19-2)20-7-9-22-13-5-6-14(17)15(18)10-13;/h5-6,10,12H,3-4,7-9,11H2,1-2H3,(H,19,20);1H. The number of ether oxygens (including phenoxy) is 1. The van der Waals surface area contributed by atoms with Gasteiger partial charge in [0.05, 0.1) is 6.54 Å². The fourth-order valence-electron chi connectivity index (χ4n) is 2.61. The van der Waals surface area contributed by atoms with Crippen molar-refractivity contribution in [2.45, 2.75) is 19.8 Å². The summed E-state index contributed by atoms with van der Waals surface area (Å²) in [7, 11) is 1.76. The van der Waals surface area contributed by atoms with Gasteiger partial charge in [0.25, 0.3) is 0 Å². The molecule has 1 saturated heterocycles. The van der Waals surface area contributed by atoms with E-state index in [1.807, 2.05) is 0 Å². The molecule has 0 saturated carbocycles. The average Bonchev–Trinajstić information content (AvgIpc) is 2.51. The minimum Gasteiger partial charge on any atom is -0.492 e. The second-order valence-corrected chi connectivity index (χ2v) is 5.59.